The van der Waals surface area contributed by atoms with Crippen molar-refractivity contribution in [3.63, 3.8) is 0 Å². The molecule has 1 aliphatic heterocycles. The highest BCUT2D eigenvalue weighted by Crippen LogP contribution is 2.43. The number of amides is 2. The summed E-state index contributed by atoms with van der Waals surface area (Å²) in [6, 6.07) is 0. The molecule has 0 bridgehead atoms. The Balaban J connectivity index is 2.35. The maximum absolute atomic E-state index is 12.3. The Kier molecular flexibility index (Phi) is 3.17. The normalized spacial score (nSPS) is 30.4. The quantitative estimate of drug-likeness (QED) is 0.769. The van der Waals surface area contributed by atoms with E-state index in [-0.39, 0.29) is 23.7 Å². The molecular weight excluding hydrogens is 234 g/mol. The fourth-order valence-electron chi connectivity index (χ4n) is 3.28. The van der Waals surface area contributed by atoms with E-state index in [1.54, 1.807) is 0 Å². The number of carbonyl (C=O) groups excluding carboxylic acids is 2. The molecule has 3 atom stereocenters. The molecule has 2 fully saturated rings. The summed E-state index contributed by atoms with van der Waals surface area (Å²) in [7, 11) is 0. The lowest BCUT2D eigenvalue weighted by molar-refractivity contribution is -0.163. The molecule has 5 heteroatoms. The lowest BCUT2D eigenvalue weighted by Crippen LogP contribution is -2.55. The van der Waals surface area contributed by atoms with Gasteiger partial charge >= 0.3 is 5.97 Å². The Labute approximate surface area is 106 Å². The van der Waals surface area contributed by atoms with Gasteiger partial charge in [0.1, 0.15) is 5.54 Å². The van der Waals surface area contributed by atoms with Crippen molar-refractivity contribution < 1.29 is 19.5 Å². The first kappa shape index (κ1) is 13.1. The number of hydrogen-bond donors (Lipinski definition) is 1. The lowest BCUT2D eigenvalue weighted by atomic mass is 9.93. The molecule has 0 aromatic heterocycles. The van der Waals surface area contributed by atoms with E-state index in [0.717, 1.165) is 11.3 Å². The van der Waals surface area contributed by atoms with Crippen LogP contribution in [0.2, 0.25) is 0 Å². The zero-order valence-electron chi connectivity index (χ0n) is 10.8. The lowest BCUT2D eigenvalue weighted by Gasteiger charge is -2.33. The highest BCUT2D eigenvalue weighted by Gasteiger charge is 2.57. The molecule has 1 saturated carbocycles. The second-order valence-corrected chi connectivity index (χ2v) is 5.48. The van der Waals surface area contributed by atoms with Gasteiger partial charge in [0.25, 0.3) is 0 Å². The van der Waals surface area contributed by atoms with Crippen molar-refractivity contribution in [2.24, 2.45) is 11.8 Å². The molecule has 1 saturated heterocycles. The van der Waals surface area contributed by atoms with Gasteiger partial charge in [-0.1, -0.05) is 19.8 Å². The molecule has 3 unspecified atom stereocenters. The minimum Gasteiger partial charge on any atom is -0.479 e. The van der Waals surface area contributed by atoms with Crippen LogP contribution >= 0.6 is 0 Å². The number of carboxylic acid groups (broad SMARTS) is 1. The van der Waals surface area contributed by atoms with Gasteiger partial charge in [-0.25, -0.2) is 4.79 Å². The largest absolute Gasteiger partial charge is 0.479 e. The van der Waals surface area contributed by atoms with Crippen molar-refractivity contribution in [1.82, 2.24) is 4.90 Å². The van der Waals surface area contributed by atoms with Crippen molar-refractivity contribution >= 4 is 17.8 Å². The minimum absolute atomic E-state index is 0.270. The Morgan fingerprint density at radius 3 is 2.22 bits per heavy atom. The molecule has 0 aromatic carbocycles. The van der Waals surface area contributed by atoms with E-state index in [9.17, 15) is 19.5 Å². The van der Waals surface area contributed by atoms with Gasteiger partial charge in [-0.3, -0.25) is 14.5 Å². The molecule has 2 aliphatic rings. The molecule has 1 heterocycles. The Morgan fingerprint density at radius 1 is 1.33 bits per heavy atom. The number of aliphatic carboxylic acids is 1. The number of carbonyl (C=O) groups is 3. The molecule has 18 heavy (non-hydrogen) atoms. The standard InChI is InChI=1S/C13H19NO4/c1-3-7-13(2,12(17)18)14-10(15)8-5-4-6-9(8)11(14)16/h8-9H,3-7H2,1-2H3,(H,17,18). The Morgan fingerprint density at radius 2 is 1.83 bits per heavy atom. The van der Waals surface area contributed by atoms with Crippen molar-refractivity contribution in [2.45, 2.75) is 51.5 Å². The number of likely N-dealkylation sites (tertiary alicyclic amines) is 1. The molecule has 1 N–H and O–H groups in total. The van der Waals surface area contributed by atoms with Crippen LogP contribution in [-0.2, 0) is 14.4 Å². The fraction of sp³-hybridized carbons (Fsp3) is 0.769. The second-order valence-electron chi connectivity index (χ2n) is 5.48. The van der Waals surface area contributed by atoms with E-state index < -0.39 is 11.5 Å². The maximum atomic E-state index is 12.3. The first-order valence-corrected chi connectivity index (χ1v) is 6.54. The summed E-state index contributed by atoms with van der Waals surface area (Å²) < 4.78 is 0. The SMILES string of the molecule is CCCC(C)(C(=O)O)N1C(=O)C2CCCC2C1=O. The predicted octanol–water partition coefficient (Wildman–Crippen LogP) is 1.41. The maximum Gasteiger partial charge on any atom is 0.329 e. The number of carboxylic acids is 1. The summed E-state index contributed by atoms with van der Waals surface area (Å²) in [5.74, 6) is -2.19. The first-order chi connectivity index (χ1) is 8.43. The summed E-state index contributed by atoms with van der Waals surface area (Å²) in [5.41, 5.74) is -1.38. The van der Waals surface area contributed by atoms with E-state index in [4.69, 9.17) is 0 Å². The number of imide groups is 1. The van der Waals surface area contributed by atoms with Crippen LogP contribution in [-0.4, -0.2) is 33.3 Å². The van der Waals surface area contributed by atoms with E-state index in [1.807, 2.05) is 6.92 Å². The van der Waals surface area contributed by atoms with Crippen LogP contribution in [0.3, 0.4) is 0 Å². The van der Waals surface area contributed by atoms with Crippen LogP contribution in [0.4, 0.5) is 0 Å². The van der Waals surface area contributed by atoms with Gasteiger partial charge in [0, 0.05) is 0 Å². The van der Waals surface area contributed by atoms with Crippen LogP contribution < -0.4 is 0 Å². The van der Waals surface area contributed by atoms with E-state index in [1.165, 1.54) is 6.92 Å². The smallest absolute Gasteiger partial charge is 0.329 e. The Hall–Kier alpha value is -1.39. The van der Waals surface area contributed by atoms with Gasteiger partial charge < -0.3 is 5.11 Å². The third-order valence-corrected chi connectivity index (χ3v) is 4.28. The molecule has 0 aromatic rings. The monoisotopic (exact) mass is 253 g/mol. The molecular formula is C13H19NO4. The number of rotatable bonds is 4. The summed E-state index contributed by atoms with van der Waals surface area (Å²) >= 11 is 0. The van der Waals surface area contributed by atoms with E-state index in [2.05, 4.69) is 0 Å². The summed E-state index contributed by atoms with van der Waals surface area (Å²) in [5, 5.41) is 9.38. The van der Waals surface area contributed by atoms with Gasteiger partial charge in [-0.2, -0.15) is 0 Å². The van der Waals surface area contributed by atoms with Gasteiger partial charge in [-0.05, 0) is 26.2 Å². The van der Waals surface area contributed by atoms with Crippen LogP contribution in [0, 0.1) is 11.8 Å². The van der Waals surface area contributed by atoms with Crippen molar-refractivity contribution in [1.29, 1.82) is 0 Å². The van der Waals surface area contributed by atoms with E-state index >= 15 is 0 Å². The topological polar surface area (TPSA) is 74.7 Å². The molecule has 5 nitrogen and oxygen atoms in total. The second kappa shape index (κ2) is 4.37. The zero-order valence-corrected chi connectivity index (χ0v) is 10.8. The average Bonchev–Trinajstić information content (AvgIpc) is 2.84. The zero-order chi connectivity index (χ0) is 13.5. The minimum atomic E-state index is -1.38. The van der Waals surface area contributed by atoms with Crippen molar-refractivity contribution in [2.75, 3.05) is 0 Å². The van der Waals surface area contributed by atoms with E-state index in [0.29, 0.717) is 25.7 Å². The van der Waals surface area contributed by atoms with Crippen LogP contribution in [0.5, 0.6) is 0 Å². The summed E-state index contributed by atoms with van der Waals surface area (Å²) in [6.07, 6.45) is 3.24. The highest BCUT2D eigenvalue weighted by molar-refractivity contribution is 6.09. The fourth-order valence-corrected chi connectivity index (χ4v) is 3.28. The first-order valence-electron chi connectivity index (χ1n) is 6.54. The van der Waals surface area contributed by atoms with Gasteiger partial charge in [0.05, 0.1) is 11.8 Å². The molecule has 0 radical (unpaired) electrons. The summed E-state index contributed by atoms with van der Waals surface area (Å²) in [4.78, 5) is 37.0. The van der Waals surface area contributed by atoms with Gasteiger partial charge in [-0.15, -0.1) is 0 Å². The molecule has 2 rings (SSSR count). The highest BCUT2D eigenvalue weighted by atomic mass is 16.4. The molecule has 0 spiro atoms. The van der Waals surface area contributed by atoms with Gasteiger partial charge in [0.2, 0.25) is 11.8 Å². The van der Waals surface area contributed by atoms with Crippen LogP contribution in [0.15, 0.2) is 0 Å². The molecule has 1 aliphatic carbocycles. The molecule has 2 amide bonds. The summed E-state index contributed by atoms with van der Waals surface area (Å²) in [6.45, 7) is 3.34. The molecule has 100 valence electrons. The van der Waals surface area contributed by atoms with Gasteiger partial charge in [0.15, 0.2) is 0 Å². The van der Waals surface area contributed by atoms with Crippen molar-refractivity contribution in [3.8, 4) is 0 Å². The van der Waals surface area contributed by atoms with Crippen LogP contribution in [0.25, 0.3) is 0 Å². The predicted molar refractivity (Wildman–Crippen MR) is 63.6 cm³/mol. The van der Waals surface area contributed by atoms with Crippen LogP contribution in [0.1, 0.15) is 46.0 Å². The number of hydrogen-bond acceptors (Lipinski definition) is 3. The Bertz CT molecular complexity index is 384. The number of nitrogens with zero attached hydrogens (tertiary/aromatic N) is 1. The third kappa shape index (κ3) is 1.64. The number of fused-ring (bicyclic) bond motifs is 1. The van der Waals surface area contributed by atoms with Crippen molar-refractivity contribution in [3.05, 3.63) is 0 Å². The average molecular weight is 253 g/mol. The third-order valence-electron chi connectivity index (χ3n) is 4.28.